The van der Waals surface area contributed by atoms with Crippen molar-refractivity contribution < 1.29 is 19.4 Å². The Balaban J connectivity index is 2.05. The molecule has 0 heterocycles. The van der Waals surface area contributed by atoms with Gasteiger partial charge in [-0.25, -0.2) is 0 Å². The minimum atomic E-state index is -0.884. The molecule has 1 amide bonds. The van der Waals surface area contributed by atoms with Gasteiger partial charge in [0.25, 0.3) is 0 Å². The molecule has 0 spiro atoms. The average Bonchev–Trinajstić information content (AvgIpc) is 2.55. The monoisotopic (exact) mass is 339 g/mol. The maximum absolute atomic E-state index is 12.1. The number of ether oxygens (including phenoxy) is 1. The van der Waals surface area contributed by atoms with Gasteiger partial charge >= 0.3 is 5.97 Å². The number of methoxy groups -OCH3 is 1. The fraction of sp³-hybridized carbons (Fsp3) is 0.200. The molecule has 130 valence electrons. The number of carboxylic acid groups (broad SMARTS) is 1. The number of nitrogens with one attached hydrogen (secondary N) is 1. The number of carboxylic acids is 1. The van der Waals surface area contributed by atoms with Crippen molar-refractivity contribution in [3.63, 3.8) is 0 Å². The zero-order valence-corrected chi connectivity index (χ0v) is 14.5. The minimum absolute atomic E-state index is 0.0375. The van der Waals surface area contributed by atoms with E-state index in [1.165, 1.54) is 6.08 Å². The molecule has 2 aromatic carbocycles. The first-order valence-electron chi connectivity index (χ1n) is 7.84. The Bertz CT molecular complexity index is 784. The molecule has 0 atom stereocenters. The van der Waals surface area contributed by atoms with E-state index in [0.717, 1.165) is 22.4 Å². The third-order valence-corrected chi connectivity index (χ3v) is 3.78. The highest BCUT2D eigenvalue weighted by Gasteiger charge is 2.05. The van der Waals surface area contributed by atoms with Gasteiger partial charge in [0, 0.05) is 11.8 Å². The van der Waals surface area contributed by atoms with Gasteiger partial charge in [0.1, 0.15) is 5.75 Å². The number of aliphatic carboxylic acids is 1. The van der Waals surface area contributed by atoms with Gasteiger partial charge in [0.05, 0.1) is 13.5 Å². The molecule has 0 aliphatic heterocycles. The predicted molar refractivity (Wildman–Crippen MR) is 97.9 cm³/mol. The van der Waals surface area contributed by atoms with Crippen molar-refractivity contribution in [1.29, 1.82) is 0 Å². The van der Waals surface area contributed by atoms with Crippen LogP contribution in [0.4, 0.5) is 5.69 Å². The fourth-order valence-electron chi connectivity index (χ4n) is 2.54. The lowest BCUT2D eigenvalue weighted by molar-refractivity contribution is -0.136. The zero-order valence-electron chi connectivity index (χ0n) is 14.5. The molecule has 0 aromatic heterocycles. The van der Waals surface area contributed by atoms with E-state index in [9.17, 15) is 9.59 Å². The lowest BCUT2D eigenvalue weighted by Gasteiger charge is -2.09. The highest BCUT2D eigenvalue weighted by atomic mass is 16.5. The summed E-state index contributed by atoms with van der Waals surface area (Å²) in [7, 11) is 1.62. The standard InChI is InChI=1S/C20H21NO4/c1-13-10-17(25-3)11-14(2)18(13)8-9-19(22)21-16-6-4-15(5-7-16)12-20(23)24/h4-11H,12H2,1-3H3,(H,21,22)(H,23,24)/b9-8+. The van der Waals surface area contributed by atoms with Crippen LogP contribution in [0.5, 0.6) is 5.75 Å². The Morgan fingerprint density at radius 3 is 2.24 bits per heavy atom. The quantitative estimate of drug-likeness (QED) is 0.789. The van der Waals surface area contributed by atoms with Crippen LogP contribution < -0.4 is 10.1 Å². The Kier molecular flexibility index (Phi) is 5.95. The molecule has 2 N–H and O–H groups in total. The van der Waals surface area contributed by atoms with E-state index in [-0.39, 0.29) is 12.3 Å². The van der Waals surface area contributed by atoms with E-state index < -0.39 is 5.97 Å². The van der Waals surface area contributed by atoms with Gasteiger partial charge in [-0.05, 0) is 66.4 Å². The van der Waals surface area contributed by atoms with Crippen LogP contribution in [0.15, 0.2) is 42.5 Å². The van der Waals surface area contributed by atoms with Crippen molar-refractivity contribution in [2.75, 3.05) is 12.4 Å². The Labute approximate surface area is 146 Å². The minimum Gasteiger partial charge on any atom is -0.497 e. The van der Waals surface area contributed by atoms with Gasteiger partial charge in [-0.3, -0.25) is 9.59 Å². The Morgan fingerprint density at radius 1 is 1.12 bits per heavy atom. The van der Waals surface area contributed by atoms with Crippen LogP contribution in [0.1, 0.15) is 22.3 Å². The van der Waals surface area contributed by atoms with Crippen LogP contribution in [-0.2, 0) is 16.0 Å². The second-order valence-corrected chi connectivity index (χ2v) is 5.76. The predicted octanol–water partition coefficient (Wildman–Crippen LogP) is 3.59. The summed E-state index contributed by atoms with van der Waals surface area (Å²) in [5.74, 6) is -0.344. The summed E-state index contributed by atoms with van der Waals surface area (Å²) >= 11 is 0. The van der Waals surface area contributed by atoms with E-state index in [1.807, 2.05) is 26.0 Å². The molecule has 25 heavy (non-hydrogen) atoms. The second-order valence-electron chi connectivity index (χ2n) is 5.76. The number of carbonyl (C=O) groups excluding carboxylic acids is 1. The molecule has 2 aromatic rings. The van der Waals surface area contributed by atoms with Crippen molar-refractivity contribution in [1.82, 2.24) is 0 Å². The molecule has 0 aliphatic carbocycles. The van der Waals surface area contributed by atoms with Crippen LogP contribution in [0, 0.1) is 13.8 Å². The van der Waals surface area contributed by atoms with Crippen molar-refractivity contribution >= 4 is 23.6 Å². The first kappa shape index (κ1) is 18.3. The largest absolute Gasteiger partial charge is 0.497 e. The number of hydrogen-bond donors (Lipinski definition) is 2. The first-order valence-corrected chi connectivity index (χ1v) is 7.84. The molecule has 2 rings (SSSR count). The van der Waals surface area contributed by atoms with Gasteiger partial charge < -0.3 is 15.2 Å². The summed E-state index contributed by atoms with van der Waals surface area (Å²) in [4.78, 5) is 22.7. The van der Waals surface area contributed by atoms with Crippen molar-refractivity contribution in [3.05, 3.63) is 64.7 Å². The van der Waals surface area contributed by atoms with Crippen LogP contribution in [-0.4, -0.2) is 24.1 Å². The Morgan fingerprint density at radius 2 is 1.72 bits per heavy atom. The average molecular weight is 339 g/mol. The van der Waals surface area contributed by atoms with Crippen molar-refractivity contribution in [3.8, 4) is 5.75 Å². The maximum atomic E-state index is 12.1. The van der Waals surface area contributed by atoms with Crippen molar-refractivity contribution in [2.24, 2.45) is 0 Å². The normalized spacial score (nSPS) is 10.7. The van der Waals surface area contributed by atoms with Crippen molar-refractivity contribution in [2.45, 2.75) is 20.3 Å². The van der Waals surface area contributed by atoms with Crippen LogP contribution in [0.2, 0.25) is 0 Å². The first-order chi connectivity index (χ1) is 11.9. The summed E-state index contributed by atoms with van der Waals surface area (Å²) in [5.41, 5.74) is 4.34. The lowest BCUT2D eigenvalue weighted by Crippen LogP contribution is -2.08. The summed E-state index contributed by atoms with van der Waals surface area (Å²) in [6.45, 7) is 3.93. The third kappa shape index (κ3) is 5.21. The molecule has 0 bridgehead atoms. The molecule has 0 radical (unpaired) electrons. The molecule has 0 aliphatic rings. The van der Waals surface area contributed by atoms with Gasteiger partial charge in [-0.2, -0.15) is 0 Å². The fourth-order valence-corrected chi connectivity index (χ4v) is 2.54. The molecule has 5 heteroatoms. The van der Waals surface area contributed by atoms with E-state index in [0.29, 0.717) is 11.3 Å². The molecular formula is C20H21NO4. The van der Waals surface area contributed by atoms with Gasteiger partial charge in [-0.1, -0.05) is 12.1 Å². The summed E-state index contributed by atoms with van der Waals surface area (Å²) < 4.78 is 5.23. The van der Waals surface area contributed by atoms with Gasteiger partial charge in [0.15, 0.2) is 0 Å². The van der Waals surface area contributed by atoms with Crippen LogP contribution >= 0.6 is 0 Å². The number of hydrogen-bond acceptors (Lipinski definition) is 3. The van der Waals surface area contributed by atoms with E-state index in [4.69, 9.17) is 9.84 Å². The maximum Gasteiger partial charge on any atom is 0.307 e. The third-order valence-electron chi connectivity index (χ3n) is 3.78. The number of benzene rings is 2. The van der Waals surface area contributed by atoms with Crippen LogP contribution in [0.25, 0.3) is 6.08 Å². The Hall–Kier alpha value is -3.08. The zero-order chi connectivity index (χ0) is 18.4. The molecule has 0 saturated carbocycles. The number of rotatable bonds is 6. The topological polar surface area (TPSA) is 75.6 Å². The molecule has 0 unspecified atom stereocenters. The summed E-state index contributed by atoms with van der Waals surface area (Å²) in [5, 5.41) is 11.5. The second kappa shape index (κ2) is 8.15. The summed E-state index contributed by atoms with van der Waals surface area (Å²) in [6.07, 6.45) is 3.22. The van der Waals surface area contributed by atoms with Crippen LogP contribution in [0.3, 0.4) is 0 Å². The number of anilines is 1. The highest BCUT2D eigenvalue weighted by molar-refractivity contribution is 6.02. The summed E-state index contributed by atoms with van der Waals surface area (Å²) in [6, 6.07) is 10.6. The lowest BCUT2D eigenvalue weighted by atomic mass is 10.0. The SMILES string of the molecule is COc1cc(C)c(/C=C/C(=O)Nc2ccc(CC(=O)O)cc2)c(C)c1. The molecule has 0 saturated heterocycles. The van der Waals surface area contributed by atoms with E-state index in [2.05, 4.69) is 5.32 Å². The highest BCUT2D eigenvalue weighted by Crippen LogP contribution is 2.22. The number of aryl methyl sites for hydroxylation is 2. The number of amides is 1. The smallest absolute Gasteiger partial charge is 0.307 e. The molecule has 0 fully saturated rings. The number of carbonyl (C=O) groups is 2. The van der Waals surface area contributed by atoms with E-state index >= 15 is 0 Å². The van der Waals surface area contributed by atoms with Gasteiger partial charge in [-0.15, -0.1) is 0 Å². The van der Waals surface area contributed by atoms with E-state index in [1.54, 1.807) is 37.5 Å². The van der Waals surface area contributed by atoms with Gasteiger partial charge in [0.2, 0.25) is 5.91 Å². The molecular weight excluding hydrogens is 318 g/mol. The molecule has 5 nitrogen and oxygen atoms in total.